The Kier molecular flexibility index (Phi) is 11.3. The van der Waals surface area contributed by atoms with Gasteiger partial charge in [-0.2, -0.15) is 13.2 Å². The van der Waals surface area contributed by atoms with E-state index < -0.39 is 12.6 Å². The normalized spacial score (nSPS) is 17.7. The highest BCUT2D eigenvalue weighted by molar-refractivity contribution is 5.67. The van der Waals surface area contributed by atoms with Crippen molar-refractivity contribution in [1.29, 1.82) is 0 Å². The molecule has 7 heteroatoms. The molecule has 0 radical (unpaired) electrons. The van der Waals surface area contributed by atoms with Crippen LogP contribution in [-0.4, -0.2) is 42.8 Å². The molecule has 0 heterocycles. The minimum Gasteiger partial charge on any atom is -0.493 e. The van der Waals surface area contributed by atoms with Crippen LogP contribution in [0.3, 0.4) is 0 Å². The van der Waals surface area contributed by atoms with Crippen LogP contribution < -0.4 is 9.47 Å². The maximum Gasteiger partial charge on any atom is 0.389 e. The van der Waals surface area contributed by atoms with Gasteiger partial charge in [0.05, 0.1) is 26.4 Å². The van der Waals surface area contributed by atoms with E-state index in [0.717, 1.165) is 36.8 Å². The molecule has 4 nitrogen and oxygen atoms in total. The zero-order valence-electron chi connectivity index (χ0n) is 21.9. The van der Waals surface area contributed by atoms with Crippen molar-refractivity contribution >= 4 is 0 Å². The van der Waals surface area contributed by atoms with Gasteiger partial charge in [0, 0.05) is 25.3 Å². The van der Waals surface area contributed by atoms with Gasteiger partial charge in [-0.15, -0.1) is 0 Å². The summed E-state index contributed by atoms with van der Waals surface area (Å²) in [6.45, 7) is 8.20. The second-order valence-electron chi connectivity index (χ2n) is 10.2. The van der Waals surface area contributed by atoms with Crippen LogP contribution in [0, 0.1) is 5.92 Å². The topological polar surface area (TPSA) is 58.9 Å². The van der Waals surface area contributed by atoms with Crippen LogP contribution in [0.1, 0.15) is 62.8 Å². The summed E-state index contributed by atoms with van der Waals surface area (Å²) in [6.07, 6.45) is 0.0890. The van der Waals surface area contributed by atoms with Crippen LogP contribution >= 0.6 is 0 Å². The van der Waals surface area contributed by atoms with E-state index in [9.17, 15) is 23.4 Å². The third-order valence-corrected chi connectivity index (χ3v) is 7.17. The zero-order valence-corrected chi connectivity index (χ0v) is 21.9. The van der Waals surface area contributed by atoms with E-state index in [0.29, 0.717) is 54.6 Å². The van der Waals surface area contributed by atoms with Crippen molar-refractivity contribution in [2.24, 2.45) is 5.92 Å². The number of hydrogen-bond acceptors (Lipinski definition) is 4. The first-order valence-corrected chi connectivity index (χ1v) is 13.3. The highest BCUT2D eigenvalue weighted by Gasteiger charge is 2.30. The summed E-state index contributed by atoms with van der Waals surface area (Å²) in [5, 5.41) is 18.3. The highest BCUT2D eigenvalue weighted by Crippen LogP contribution is 2.40. The number of alkyl halides is 3. The fraction of sp³-hybridized carbons (Fsp3) is 0.484. The Morgan fingerprint density at radius 1 is 0.789 bits per heavy atom. The standard InChI is InChI=1S/C31H39F3O4/c1-22(20-35)12-15-37-29-17-28(18-30(19-29)38-16-13-23(2)21-36)27-9-7-26(8-10-27)25-5-3-24(4-6-25)11-14-31(32,33)34/h7-10,17-19,24-25,35-36H,1-6,11-16,20-21H2. The monoisotopic (exact) mass is 532 g/mol. The molecule has 0 aromatic heterocycles. The first-order chi connectivity index (χ1) is 18.2. The lowest BCUT2D eigenvalue weighted by molar-refractivity contribution is -0.138. The molecule has 2 aromatic carbocycles. The fourth-order valence-corrected chi connectivity index (χ4v) is 4.79. The molecule has 0 bridgehead atoms. The lowest BCUT2D eigenvalue weighted by Gasteiger charge is -2.29. The summed E-state index contributed by atoms with van der Waals surface area (Å²) < 4.78 is 49.5. The van der Waals surface area contributed by atoms with Gasteiger partial charge in [-0.3, -0.25) is 0 Å². The van der Waals surface area contributed by atoms with Crippen molar-refractivity contribution in [3.63, 3.8) is 0 Å². The summed E-state index contributed by atoms with van der Waals surface area (Å²) in [5.41, 5.74) is 4.55. The molecule has 0 amide bonds. The lowest BCUT2D eigenvalue weighted by atomic mass is 9.77. The number of rotatable bonds is 14. The van der Waals surface area contributed by atoms with Crippen LogP contribution in [0.5, 0.6) is 11.5 Å². The Balaban J connectivity index is 1.67. The number of aliphatic hydroxyl groups excluding tert-OH is 2. The van der Waals surface area contributed by atoms with E-state index >= 15 is 0 Å². The second-order valence-corrected chi connectivity index (χ2v) is 10.2. The molecule has 208 valence electrons. The van der Waals surface area contributed by atoms with Crippen LogP contribution in [-0.2, 0) is 0 Å². The molecule has 2 aromatic rings. The number of benzene rings is 2. The van der Waals surface area contributed by atoms with E-state index in [4.69, 9.17) is 9.47 Å². The van der Waals surface area contributed by atoms with E-state index in [1.807, 2.05) is 18.2 Å². The molecule has 2 N–H and O–H groups in total. The van der Waals surface area contributed by atoms with E-state index in [1.165, 1.54) is 5.56 Å². The molecule has 1 aliphatic rings. The maximum absolute atomic E-state index is 12.6. The van der Waals surface area contributed by atoms with Crippen molar-refractivity contribution in [3.8, 4) is 22.6 Å². The number of hydrogen-bond donors (Lipinski definition) is 2. The van der Waals surface area contributed by atoms with Crippen molar-refractivity contribution in [2.75, 3.05) is 26.4 Å². The first-order valence-electron chi connectivity index (χ1n) is 13.3. The predicted molar refractivity (Wildman–Crippen MR) is 145 cm³/mol. The van der Waals surface area contributed by atoms with Crippen LogP contribution in [0.4, 0.5) is 13.2 Å². The van der Waals surface area contributed by atoms with E-state index in [-0.39, 0.29) is 25.6 Å². The van der Waals surface area contributed by atoms with E-state index in [1.54, 1.807) is 0 Å². The van der Waals surface area contributed by atoms with Gasteiger partial charge in [-0.05, 0) is 83.9 Å². The molecule has 1 aliphatic carbocycles. The molecular weight excluding hydrogens is 493 g/mol. The minimum atomic E-state index is -4.07. The molecule has 0 unspecified atom stereocenters. The molecule has 38 heavy (non-hydrogen) atoms. The molecule has 0 spiro atoms. The van der Waals surface area contributed by atoms with Crippen molar-refractivity contribution in [3.05, 3.63) is 72.3 Å². The summed E-state index contributed by atoms with van der Waals surface area (Å²) in [7, 11) is 0. The Labute approximate surface area is 223 Å². The minimum absolute atomic E-state index is 0.0753. The van der Waals surface area contributed by atoms with Crippen LogP contribution in [0.15, 0.2) is 66.8 Å². The van der Waals surface area contributed by atoms with Crippen molar-refractivity contribution in [2.45, 2.75) is 63.5 Å². The van der Waals surface area contributed by atoms with E-state index in [2.05, 4.69) is 37.4 Å². The third-order valence-electron chi connectivity index (χ3n) is 7.17. The van der Waals surface area contributed by atoms with Gasteiger partial charge in [0.25, 0.3) is 0 Å². The number of ether oxygens (including phenoxy) is 2. The second kappa shape index (κ2) is 14.4. The average Bonchev–Trinajstić information content (AvgIpc) is 2.91. The first kappa shape index (κ1) is 29.8. The highest BCUT2D eigenvalue weighted by atomic mass is 19.4. The summed E-state index contributed by atoms with van der Waals surface area (Å²) in [4.78, 5) is 0. The fourth-order valence-electron chi connectivity index (χ4n) is 4.79. The third kappa shape index (κ3) is 9.84. The molecular formula is C31H39F3O4. The predicted octanol–water partition coefficient (Wildman–Crippen LogP) is 7.60. The maximum atomic E-state index is 12.6. The smallest absolute Gasteiger partial charge is 0.389 e. The zero-order chi connectivity index (χ0) is 27.5. The SMILES string of the molecule is C=C(CO)CCOc1cc(OCCC(=C)CO)cc(-c2ccc(C3CCC(CCC(F)(F)F)CC3)cc2)c1. The summed E-state index contributed by atoms with van der Waals surface area (Å²) in [6, 6.07) is 14.1. The summed E-state index contributed by atoms with van der Waals surface area (Å²) in [5.74, 6) is 1.83. The molecule has 1 fully saturated rings. The van der Waals surface area contributed by atoms with Gasteiger partial charge in [0.15, 0.2) is 0 Å². The van der Waals surface area contributed by atoms with Gasteiger partial charge < -0.3 is 19.7 Å². The van der Waals surface area contributed by atoms with Crippen molar-refractivity contribution < 1.29 is 32.9 Å². The van der Waals surface area contributed by atoms with Gasteiger partial charge in [-0.1, -0.05) is 37.4 Å². The van der Waals surface area contributed by atoms with Crippen molar-refractivity contribution in [1.82, 2.24) is 0 Å². The molecule has 1 saturated carbocycles. The largest absolute Gasteiger partial charge is 0.493 e. The molecule has 0 aliphatic heterocycles. The van der Waals surface area contributed by atoms with Gasteiger partial charge in [-0.25, -0.2) is 0 Å². The Hall–Kier alpha value is -2.77. The van der Waals surface area contributed by atoms with Gasteiger partial charge in [0.1, 0.15) is 11.5 Å². The van der Waals surface area contributed by atoms with Crippen LogP contribution in [0.2, 0.25) is 0 Å². The molecule has 0 saturated heterocycles. The lowest BCUT2D eigenvalue weighted by Crippen LogP contribution is -2.16. The molecule has 3 rings (SSSR count). The van der Waals surface area contributed by atoms with Crippen LogP contribution in [0.25, 0.3) is 11.1 Å². The Morgan fingerprint density at radius 3 is 1.79 bits per heavy atom. The quantitative estimate of drug-likeness (QED) is 0.246. The molecule has 0 atom stereocenters. The number of halogens is 3. The summed E-state index contributed by atoms with van der Waals surface area (Å²) >= 11 is 0. The number of aliphatic hydroxyl groups is 2. The Morgan fingerprint density at radius 2 is 1.32 bits per heavy atom. The van der Waals surface area contributed by atoms with Gasteiger partial charge >= 0.3 is 6.18 Å². The van der Waals surface area contributed by atoms with Gasteiger partial charge in [0.2, 0.25) is 0 Å². The Bertz CT molecular complexity index is 998. The average molecular weight is 533 g/mol.